The van der Waals surface area contributed by atoms with Crippen LogP contribution in [0.25, 0.3) is 16.4 Å². The van der Waals surface area contributed by atoms with E-state index in [1.54, 1.807) is 12.4 Å². The zero-order valence-corrected chi connectivity index (χ0v) is 18.9. The van der Waals surface area contributed by atoms with Crippen molar-refractivity contribution in [2.24, 2.45) is 5.73 Å². The first kappa shape index (κ1) is 26.7. The molecule has 0 aliphatic rings. The van der Waals surface area contributed by atoms with Crippen molar-refractivity contribution in [1.29, 1.82) is 0 Å². The van der Waals surface area contributed by atoms with Crippen molar-refractivity contribution in [3.8, 4) is 11.1 Å². The molecule has 0 spiro atoms. The molecule has 0 aliphatic heterocycles. The number of hydrogen-bond acceptors (Lipinski definition) is 7. The number of benzene rings is 2. The Balaban J connectivity index is 0.00000121. The first-order chi connectivity index (χ1) is 17.7. The molecule has 192 valence electrons. The van der Waals surface area contributed by atoms with Gasteiger partial charge in [-0.1, -0.05) is 42.5 Å². The number of anilines is 1. The molecular weight excluding hydrogens is 495 g/mol. The Labute approximate surface area is 207 Å². The van der Waals surface area contributed by atoms with E-state index in [1.165, 1.54) is 29.3 Å². The maximum Gasteiger partial charge on any atom is 0.416 e. The molecular formula is C23H20F3N7O4. The maximum atomic E-state index is 12.8. The van der Waals surface area contributed by atoms with Crippen molar-refractivity contribution in [3.05, 3.63) is 89.9 Å². The lowest BCUT2D eigenvalue weighted by Gasteiger charge is -2.15. The summed E-state index contributed by atoms with van der Waals surface area (Å²) in [6.45, 7) is -0.0686. The molecule has 0 saturated carbocycles. The number of nitrogens with one attached hydrogen (secondary N) is 1. The number of carboxylic acid groups (broad SMARTS) is 1. The van der Waals surface area contributed by atoms with Crippen molar-refractivity contribution in [1.82, 2.24) is 15.2 Å². The zero-order valence-electron chi connectivity index (χ0n) is 18.9. The van der Waals surface area contributed by atoms with Crippen LogP contribution in [0, 0.1) is 0 Å². The highest BCUT2D eigenvalue weighted by atomic mass is 19.4. The molecule has 0 radical (unpaired) electrons. The topological polar surface area (TPSA) is 162 Å². The number of aromatic nitrogens is 4. The molecule has 11 nitrogen and oxygen atoms in total. The van der Waals surface area contributed by atoms with Gasteiger partial charge in [0, 0.05) is 23.5 Å². The van der Waals surface area contributed by atoms with Crippen LogP contribution in [0.4, 0.5) is 29.5 Å². The highest BCUT2D eigenvalue weighted by molar-refractivity contribution is 6.03. The number of carbonyl (C=O) groups excluding carboxylic acids is 1. The number of hydrogen-bond donors (Lipinski definition) is 3. The van der Waals surface area contributed by atoms with E-state index < -0.39 is 23.8 Å². The third kappa shape index (κ3) is 7.32. The standard InChI is InChI=1S/C22H18F3N7O2.CH2O2/c23-22(24,25)17-2-1-3-18(8-17)29-21(33)30-20-12-32(31-34-20)19(9-26)15-6-4-14(5-7-15)16-10-27-13-28-11-16;2-1-3/h1-8,10-13,19H,9,26H2,(H-,29,30,31,33);1H,(H,2,3). The lowest BCUT2D eigenvalue weighted by atomic mass is 10.0. The van der Waals surface area contributed by atoms with Crippen molar-refractivity contribution >= 4 is 24.1 Å². The highest BCUT2D eigenvalue weighted by Crippen LogP contribution is 2.31. The van der Waals surface area contributed by atoms with Gasteiger partial charge in [0.25, 0.3) is 6.47 Å². The Kier molecular flexibility index (Phi) is 8.83. The minimum Gasteiger partial charge on any atom is -0.483 e. The molecule has 2 aromatic carbocycles. The van der Waals surface area contributed by atoms with Crippen LogP contribution >= 0.6 is 0 Å². The Morgan fingerprint density at radius 2 is 1.84 bits per heavy atom. The number of rotatable bonds is 6. The minimum atomic E-state index is -4.53. The number of urea groups is 1. The lowest BCUT2D eigenvalue weighted by molar-refractivity contribution is -0.775. The highest BCUT2D eigenvalue weighted by Gasteiger charge is 2.30. The number of carbonyl (C=O) groups is 2. The van der Waals surface area contributed by atoms with Gasteiger partial charge in [-0.25, -0.2) is 9.97 Å². The molecule has 4 rings (SSSR count). The number of nitrogens with two attached hydrogens (primary N) is 1. The Bertz CT molecular complexity index is 1320. The van der Waals surface area contributed by atoms with Crippen LogP contribution in [0.5, 0.6) is 0 Å². The van der Waals surface area contributed by atoms with Gasteiger partial charge in [0.15, 0.2) is 11.3 Å². The average Bonchev–Trinajstić information content (AvgIpc) is 3.33. The molecule has 1 unspecified atom stereocenters. The summed E-state index contributed by atoms with van der Waals surface area (Å²) in [6.07, 6.45) is 1.70. The third-order valence-electron chi connectivity index (χ3n) is 4.86. The fourth-order valence-corrected chi connectivity index (χ4v) is 3.21. The van der Waals surface area contributed by atoms with Crippen LogP contribution in [0.1, 0.15) is 17.2 Å². The van der Waals surface area contributed by atoms with Gasteiger partial charge >= 0.3 is 6.18 Å². The minimum absolute atomic E-state index is 0.0558. The molecule has 4 aromatic rings. The van der Waals surface area contributed by atoms with Crippen LogP contribution in [0.2, 0.25) is 0 Å². The second kappa shape index (κ2) is 12.2. The summed E-state index contributed by atoms with van der Waals surface area (Å²) >= 11 is 0. The Hall–Kier alpha value is -4.85. The van der Waals surface area contributed by atoms with Gasteiger partial charge in [-0.3, -0.25) is 9.59 Å². The maximum absolute atomic E-state index is 12.8. The Morgan fingerprint density at radius 1 is 1.16 bits per heavy atom. The summed E-state index contributed by atoms with van der Waals surface area (Å²) in [5.74, 6) is -0.138. The summed E-state index contributed by atoms with van der Waals surface area (Å²) in [7, 11) is 0. The molecule has 2 heterocycles. The van der Waals surface area contributed by atoms with Crippen molar-refractivity contribution in [2.75, 3.05) is 11.9 Å². The van der Waals surface area contributed by atoms with Gasteiger partial charge in [-0.05, 0) is 22.0 Å². The van der Waals surface area contributed by atoms with E-state index in [2.05, 4.69) is 25.9 Å². The quantitative estimate of drug-likeness (QED) is 0.257. The second-order valence-corrected chi connectivity index (χ2v) is 7.25. The molecule has 37 heavy (non-hydrogen) atoms. The van der Waals surface area contributed by atoms with E-state index in [4.69, 9.17) is 20.2 Å². The van der Waals surface area contributed by atoms with Crippen molar-refractivity contribution in [3.63, 3.8) is 0 Å². The van der Waals surface area contributed by atoms with E-state index in [0.29, 0.717) is 0 Å². The molecule has 0 saturated heterocycles. The summed E-state index contributed by atoms with van der Waals surface area (Å²) in [6, 6.07) is 10.4. The van der Waals surface area contributed by atoms with E-state index in [9.17, 15) is 18.0 Å². The fraction of sp³-hybridized carbons (Fsp3) is 0.130. The lowest BCUT2D eigenvalue weighted by Crippen LogP contribution is -2.45. The number of amides is 2. The largest absolute Gasteiger partial charge is 0.483 e. The van der Waals surface area contributed by atoms with Crippen LogP contribution in [0.15, 0.2) is 78.0 Å². The molecule has 2 aromatic heterocycles. The number of halogens is 3. The fourth-order valence-electron chi connectivity index (χ4n) is 3.21. The molecule has 4 N–H and O–H groups in total. The van der Waals surface area contributed by atoms with E-state index in [0.717, 1.165) is 28.8 Å². The van der Waals surface area contributed by atoms with Crippen LogP contribution in [-0.2, 0) is 11.0 Å². The molecule has 1 atom stereocenters. The van der Waals surface area contributed by atoms with Gasteiger partial charge in [-0.15, -0.1) is 0 Å². The second-order valence-electron chi connectivity index (χ2n) is 7.25. The van der Waals surface area contributed by atoms with Crippen LogP contribution in [0.3, 0.4) is 0 Å². The predicted molar refractivity (Wildman–Crippen MR) is 124 cm³/mol. The van der Waals surface area contributed by atoms with Gasteiger partial charge in [0.05, 0.1) is 12.1 Å². The summed E-state index contributed by atoms with van der Waals surface area (Å²) in [5.41, 5.74) is 7.60. The van der Waals surface area contributed by atoms with Gasteiger partial charge in [-0.2, -0.15) is 13.2 Å². The molecule has 14 heteroatoms. The number of alkyl halides is 3. The van der Waals surface area contributed by atoms with E-state index in [1.807, 2.05) is 24.3 Å². The predicted octanol–water partition coefficient (Wildman–Crippen LogP) is 3.92. The molecule has 0 bridgehead atoms. The van der Waals surface area contributed by atoms with Gasteiger partial charge < -0.3 is 26.0 Å². The normalized spacial score (nSPS) is 11.6. The average molecular weight is 515 g/mol. The van der Waals surface area contributed by atoms with Gasteiger partial charge in [0.2, 0.25) is 18.1 Å². The van der Waals surface area contributed by atoms with E-state index >= 15 is 0 Å². The summed E-state index contributed by atoms with van der Waals surface area (Å²) < 4.78 is 45.0. The first-order valence-corrected chi connectivity index (χ1v) is 10.5. The van der Waals surface area contributed by atoms with Crippen LogP contribution in [-0.4, -0.2) is 39.4 Å². The molecule has 2 amide bonds. The van der Waals surface area contributed by atoms with Crippen molar-refractivity contribution in [2.45, 2.75) is 12.2 Å². The van der Waals surface area contributed by atoms with Crippen LogP contribution < -0.4 is 15.7 Å². The molecule has 0 aliphatic carbocycles. The van der Waals surface area contributed by atoms with E-state index in [-0.39, 0.29) is 24.6 Å². The summed E-state index contributed by atoms with van der Waals surface area (Å²) in [4.78, 5) is 28.5. The first-order valence-electron chi connectivity index (χ1n) is 10.5. The molecule has 0 fully saturated rings. The zero-order chi connectivity index (χ0) is 26.8. The number of nitrogens with zero attached hydrogens (tertiary/aromatic N) is 5. The third-order valence-corrected chi connectivity index (χ3v) is 4.86. The monoisotopic (exact) mass is 515 g/mol. The van der Waals surface area contributed by atoms with Crippen molar-refractivity contribution < 1.29 is 37.1 Å². The summed E-state index contributed by atoms with van der Waals surface area (Å²) in [5, 5.41) is 16.7. The SMILES string of the molecule is NCC(c1ccc(-c2cncnc2)cc1)[n+]1cc([N-]C(=O)Nc2cccc(C(F)(F)F)c2)on1.O=CO. The van der Waals surface area contributed by atoms with Gasteiger partial charge in [0.1, 0.15) is 6.33 Å². The smallest absolute Gasteiger partial charge is 0.416 e. The Morgan fingerprint density at radius 3 is 2.46 bits per heavy atom.